The van der Waals surface area contributed by atoms with Crippen LogP contribution in [0.1, 0.15) is 19.8 Å². The summed E-state index contributed by atoms with van der Waals surface area (Å²) in [5.74, 6) is 0. The van der Waals surface area contributed by atoms with Crippen LogP contribution in [0.25, 0.3) is 0 Å². The number of hydrogen-bond acceptors (Lipinski definition) is 0. The van der Waals surface area contributed by atoms with Gasteiger partial charge in [0.2, 0.25) is 0 Å². The molecule has 0 aliphatic rings. The summed E-state index contributed by atoms with van der Waals surface area (Å²) >= 11 is 0. The Hall–Kier alpha value is -1.98. The van der Waals surface area contributed by atoms with Crippen LogP contribution in [0.3, 0.4) is 0 Å². The molecule has 0 aromatic heterocycles. The predicted octanol–water partition coefficient (Wildman–Crippen LogP) is 4.67. The molecule has 3 rings (SSSR count). The fourth-order valence-corrected chi connectivity index (χ4v) is 8.58. The average Bonchev–Trinajstić information content (AvgIpc) is 2.65. The predicted molar refractivity (Wildman–Crippen MR) is 109 cm³/mol. The minimum atomic E-state index is -1.94. The van der Waals surface area contributed by atoms with E-state index in [0.717, 1.165) is 0 Å². The van der Waals surface area contributed by atoms with Gasteiger partial charge in [0.05, 0.1) is 0 Å². The number of unbranched alkanes of at least 4 members (excludes halogenated alkanes) is 1. The Balaban J connectivity index is 0.00000208. The van der Waals surface area contributed by atoms with Crippen LogP contribution in [0.5, 0.6) is 0 Å². The first kappa shape index (κ1) is 18.4. The van der Waals surface area contributed by atoms with Crippen LogP contribution in [0.2, 0.25) is 0 Å². The van der Waals surface area contributed by atoms with Crippen molar-refractivity contribution < 1.29 is 4.70 Å². The first-order valence-electron chi connectivity index (χ1n) is 8.54. The minimum Gasteiger partial charge on any atom is -0.269 e. The molecule has 126 valence electrons. The van der Waals surface area contributed by atoms with Crippen molar-refractivity contribution in [3.8, 4) is 0 Å². The van der Waals surface area contributed by atoms with Crippen LogP contribution in [-0.2, 0) is 0 Å². The third-order valence-electron chi connectivity index (χ3n) is 4.71. The molecular formula is C22H26FP. The van der Waals surface area contributed by atoms with Crippen LogP contribution in [-0.4, -0.2) is 6.16 Å². The Morgan fingerprint density at radius 1 is 0.583 bits per heavy atom. The van der Waals surface area contributed by atoms with Crippen molar-refractivity contribution >= 4 is 23.2 Å². The van der Waals surface area contributed by atoms with Gasteiger partial charge in [-0.05, 0) is 0 Å². The largest absolute Gasteiger partial charge is 0.269 e. The van der Waals surface area contributed by atoms with Gasteiger partial charge in [0, 0.05) is 0 Å². The van der Waals surface area contributed by atoms with Crippen LogP contribution in [0, 0.1) is 0 Å². The number of halogens is 1. The summed E-state index contributed by atoms with van der Waals surface area (Å²) in [7, 11) is -1.94. The first-order valence-corrected chi connectivity index (χ1v) is 10.7. The zero-order valence-electron chi connectivity index (χ0n) is 14.2. The van der Waals surface area contributed by atoms with Gasteiger partial charge in [-0.25, -0.2) is 0 Å². The molecule has 0 amide bonds. The molecule has 0 radical (unpaired) electrons. The SMILES string of the molecule is CCCC[PH](c1ccccc1)(c1ccccc1)c1ccccc1.F. The smallest absolute Gasteiger partial charge is 0.269 e. The van der Waals surface area contributed by atoms with Crippen molar-refractivity contribution in [3.05, 3.63) is 91.0 Å². The van der Waals surface area contributed by atoms with Gasteiger partial charge in [0.25, 0.3) is 0 Å². The summed E-state index contributed by atoms with van der Waals surface area (Å²) in [4.78, 5) is 0. The van der Waals surface area contributed by atoms with Crippen molar-refractivity contribution in [2.75, 3.05) is 6.16 Å². The van der Waals surface area contributed by atoms with E-state index in [9.17, 15) is 0 Å². The third-order valence-corrected chi connectivity index (χ3v) is 9.77. The second kappa shape index (κ2) is 8.76. The normalized spacial score (nSPS) is 11.5. The van der Waals surface area contributed by atoms with Gasteiger partial charge in [-0.1, -0.05) is 0 Å². The molecule has 24 heavy (non-hydrogen) atoms. The summed E-state index contributed by atoms with van der Waals surface area (Å²) in [6.45, 7) is 2.29. The average molecular weight is 340 g/mol. The van der Waals surface area contributed by atoms with Gasteiger partial charge >= 0.3 is 140 Å². The summed E-state index contributed by atoms with van der Waals surface area (Å²) in [5, 5.41) is 4.56. The van der Waals surface area contributed by atoms with Gasteiger partial charge in [-0.3, -0.25) is 4.70 Å². The fourth-order valence-electron chi connectivity index (χ4n) is 3.54. The summed E-state index contributed by atoms with van der Waals surface area (Å²) in [6.07, 6.45) is 3.77. The maximum Gasteiger partial charge on any atom is -0.269 e. The van der Waals surface area contributed by atoms with E-state index in [0.29, 0.717) is 0 Å². The van der Waals surface area contributed by atoms with E-state index in [4.69, 9.17) is 0 Å². The molecule has 3 aromatic carbocycles. The Morgan fingerprint density at radius 2 is 0.917 bits per heavy atom. The van der Waals surface area contributed by atoms with Crippen molar-refractivity contribution in [1.82, 2.24) is 0 Å². The Bertz CT molecular complexity index is 614. The summed E-state index contributed by atoms with van der Waals surface area (Å²) in [6, 6.07) is 33.5. The maximum atomic E-state index is 2.34. The molecule has 0 N–H and O–H groups in total. The Morgan fingerprint density at radius 3 is 1.21 bits per heavy atom. The zero-order valence-corrected chi connectivity index (χ0v) is 15.2. The molecule has 0 saturated heterocycles. The molecule has 0 bridgehead atoms. The number of benzene rings is 3. The van der Waals surface area contributed by atoms with Gasteiger partial charge in [-0.2, -0.15) is 0 Å². The number of rotatable bonds is 6. The van der Waals surface area contributed by atoms with Gasteiger partial charge < -0.3 is 0 Å². The van der Waals surface area contributed by atoms with E-state index in [-0.39, 0.29) is 4.70 Å². The topological polar surface area (TPSA) is 0 Å². The summed E-state index contributed by atoms with van der Waals surface area (Å²) in [5.41, 5.74) is 0. The Kier molecular flexibility index (Phi) is 6.70. The molecule has 0 aliphatic heterocycles. The second-order valence-electron chi connectivity index (χ2n) is 6.11. The molecule has 0 atom stereocenters. The van der Waals surface area contributed by atoms with E-state index >= 15 is 0 Å². The molecule has 0 saturated carbocycles. The van der Waals surface area contributed by atoms with Crippen LogP contribution >= 0.6 is 7.26 Å². The second-order valence-corrected chi connectivity index (χ2v) is 10.1. The van der Waals surface area contributed by atoms with E-state index in [1.54, 1.807) is 0 Å². The molecular weight excluding hydrogens is 314 g/mol. The summed E-state index contributed by atoms with van der Waals surface area (Å²) < 4.78 is 0. The van der Waals surface area contributed by atoms with Crippen molar-refractivity contribution in [2.45, 2.75) is 19.8 Å². The molecule has 0 nitrogen and oxygen atoms in total. The molecule has 0 heterocycles. The molecule has 0 fully saturated rings. The van der Waals surface area contributed by atoms with Crippen molar-refractivity contribution in [1.29, 1.82) is 0 Å². The van der Waals surface area contributed by atoms with Crippen LogP contribution < -0.4 is 15.9 Å². The first-order chi connectivity index (χ1) is 11.4. The molecule has 3 aromatic rings. The van der Waals surface area contributed by atoms with Gasteiger partial charge in [0.1, 0.15) is 0 Å². The minimum absolute atomic E-state index is 0. The van der Waals surface area contributed by atoms with Crippen LogP contribution in [0.4, 0.5) is 4.70 Å². The van der Waals surface area contributed by atoms with E-state index in [1.165, 1.54) is 34.9 Å². The number of hydrogen-bond donors (Lipinski definition) is 0. The standard InChI is InChI=1S/C22H25P.FH/c1-2-3-19-23(20-13-7-4-8-14-20,21-15-9-5-10-16-21)22-17-11-6-12-18-22;/h4-18,23H,2-3,19H2,1H3;1H. The molecule has 0 unspecified atom stereocenters. The maximum absolute atomic E-state index is 2.34. The molecule has 0 spiro atoms. The van der Waals surface area contributed by atoms with Gasteiger partial charge in [-0.15, -0.1) is 0 Å². The quantitative estimate of drug-likeness (QED) is 0.572. The zero-order chi connectivity index (χ0) is 16.0. The molecule has 2 heteroatoms. The van der Waals surface area contributed by atoms with Gasteiger partial charge in [0.15, 0.2) is 0 Å². The van der Waals surface area contributed by atoms with E-state index in [2.05, 4.69) is 97.9 Å². The van der Waals surface area contributed by atoms with Crippen molar-refractivity contribution in [3.63, 3.8) is 0 Å². The monoisotopic (exact) mass is 340 g/mol. The van der Waals surface area contributed by atoms with Crippen molar-refractivity contribution in [2.24, 2.45) is 0 Å². The third kappa shape index (κ3) is 3.57. The van der Waals surface area contributed by atoms with Crippen LogP contribution in [0.15, 0.2) is 91.0 Å². The van der Waals surface area contributed by atoms with E-state index in [1.807, 2.05) is 0 Å². The van der Waals surface area contributed by atoms with E-state index < -0.39 is 7.26 Å². The Labute approximate surface area is 145 Å². The fraction of sp³-hybridized carbons (Fsp3) is 0.182. The molecule has 0 aliphatic carbocycles.